The second-order valence-corrected chi connectivity index (χ2v) is 36.2. The molecule has 4 fully saturated rings. The number of hydrogen-bond acceptors (Lipinski definition) is 28. The van der Waals surface area contributed by atoms with Crippen LogP contribution in [0.15, 0.2) is 166 Å². The molecule has 0 spiro atoms. The van der Waals surface area contributed by atoms with Crippen molar-refractivity contribution < 1.29 is 70.6 Å². The van der Waals surface area contributed by atoms with Crippen LogP contribution in [-0.4, -0.2) is 154 Å². The van der Waals surface area contributed by atoms with Gasteiger partial charge in [-0.1, -0.05) is 50.8 Å². The first-order valence-corrected chi connectivity index (χ1v) is 47.2. The predicted molar refractivity (Wildman–Crippen MR) is 520 cm³/mol. The standard InChI is InChI=1S/C22H15F3N6O.C22H23F3N6.C20H17F3N6.C19H18F3N7.C19H12F3N7/c23-22(24,25)15-6-16-17(11-28-20(16)27-10-15)19-14(7-26)9-30-21(31-19)29-8-12-1-2-18-13(5-12)3-4-32-18;1-2-18(13-6-4-3-5-7-13)30-21-29-10-14(9-26)19(31-21)17-12-28-20-16(17)8-15(11-27-20)22(23,24)25;21-20(22,23)13-5-14-15(9-26-18(14)25-8-13)17-12(6-24)7-27-19(29-17)28-16-4-10-1-2-11(16)3-10;1-29-4-2-13(3-5-29)27-18-26-8-11(7-23)16(28-18)15-10-25-17-14(15)6-12(9-24-17)19(20,21)22;20-19(21,22)12-5-14-15(10-26-17(14)25-8-12)16-11(6-23)7-27-18(29-16)28-9-13-3-1-2-4-24-13/h1-2,5-6,9-11H,3-4,8H2,(H,27,28)(H,29,30,31);8,10-13,18H,2-7H2,1H3,(H,27,28)(H,29,30,31);5,7-11,16H,1-4H2,(H,25,26)(H,27,28,29);6,8-10,13H,2-5H2,1H3,(H,24,25)(H,26,27,28);1-5,7-8,10H,9H2,(H,25,26)(H,27,28,29)/t;18-;10?,11-,16-;;/m.11../s1. The fourth-order valence-electron chi connectivity index (χ4n) is 18.9. The van der Waals surface area contributed by atoms with E-state index in [1.807, 2.05) is 60.7 Å². The lowest BCUT2D eigenvalue weighted by Crippen LogP contribution is -2.37. The molecule has 3 saturated carbocycles. The topological polar surface area (TPSA) is 477 Å². The number of halogens is 15. The van der Waals surface area contributed by atoms with Crippen molar-refractivity contribution >= 4 is 84.9 Å². The number of benzene rings is 1. The molecule has 1 aromatic carbocycles. The fraction of sp³-hybridized carbons (Fsp3) is 0.304. The number of ether oxygens (including phenoxy) is 1. The summed E-state index contributed by atoms with van der Waals surface area (Å²) in [5.74, 6) is 4.37. The van der Waals surface area contributed by atoms with Crippen molar-refractivity contribution in [1.82, 2.24) is 110 Å². The Balaban J connectivity index is 0.000000122. The third-order valence-electron chi connectivity index (χ3n) is 26.5. The monoisotopic (exact) mass is 2060 g/mol. The van der Waals surface area contributed by atoms with Crippen LogP contribution in [0.4, 0.5) is 95.6 Å². The molecule has 48 heteroatoms. The van der Waals surface area contributed by atoms with Crippen molar-refractivity contribution in [1.29, 1.82) is 26.3 Å². The summed E-state index contributed by atoms with van der Waals surface area (Å²) in [7, 11) is 2.06. The molecule has 1 saturated heterocycles. The number of anilines is 5. The maximum atomic E-state index is 13.2. The zero-order chi connectivity index (χ0) is 106. The molecule has 33 nitrogen and oxygen atoms in total. The molecule has 2 bridgehead atoms. The Hall–Kier alpha value is -17.6. The minimum atomic E-state index is -4.53. The summed E-state index contributed by atoms with van der Waals surface area (Å²) in [6, 6.07) is 27.2. The van der Waals surface area contributed by atoms with Gasteiger partial charge in [-0.15, -0.1) is 0 Å². The molecular weight excluding hydrogens is 1970 g/mol. The molecule has 10 N–H and O–H groups in total. The molecule has 18 heterocycles. The number of fused-ring (bicyclic) bond motifs is 8. The van der Waals surface area contributed by atoms with E-state index in [-0.39, 0.29) is 113 Å². The fourth-order valence-corrected chi connectivity index (χ4v) is 18.9. The molecule has 1 unspecified atom stereocenters. The van der Waals surface area contributed by atoms with E-state index < -0.39 is 58.7 Å². The highest BCUT2D eigenvalue weighted by atomic mass is 19.4. The molecular formula is C102H85F15N32O. The van der Waals surface area contributed by atoms with Gasteiger partial charge in [-0.3, -0.25) is 4.98 Å². The third kappa shape index (κ3) is 23.1. The highest BCUT2D eigenvalue weighted by Gasteiger charge is 2.42. The number of likely N-dealkylation sites (tertiary alicyclic amines) is 1. The highest BCUT2D eigenvalue weighted by Crippen LogP contribution is 2.48. The van der Waals surface area contributed by atoms with E-state index in [1.165, 1.54) is 100 Å². The average molecular weight is 2060 g/mol. The molecule has 150 heavy (non-hydrogen) atoms. The van der Waals surface area contributed by atoms with Crippen molar-refractivity contribution in [2.45, 2.75) is 152 Å². The number of nitriles is 5. The smallest absolute Gasteiger partial charge is 0.417 e. The lowest BCUT2D eigenvalue weighted by atomic mass is 9.83. The summed E-state index contributed by atoms with van der Waals surface area (Å²) in [4.78, 5) is 83.2. The van der Waals surface area contributed by atoms with E-state index >= 15 is 0 Å². The van der Waals surface area contributed by atoms with E-state index in [4.69, 9.17) is 4.74 Å². The van der Waals surface area contributed by atoms with E-state index in [9.17, 15) is 92.2 Å². The second-order valence-electron chi connectivity index (χ2n) is 36.2. The van der Waals surface area contributed by atoms with Crippen LogP contribution >= 0.6 is 0 Å². The van der Waals surface area contributed by atoms with Gasteiger partial charge in [-0.25, -0.2) is 74.8 Å². The molecule has 22 rings (SSSR count). The molecule has 16 aromatic heterocycles. The summed E-state index contributed by atoms with van der Waals surface area (Å²) >= 11 is 0. The Morgan fingerprint density at radius 1 is 0.407 bits per heavy atom. The normalized spacial score (nSPS) is 16.0. The van der Waals surface area contributed by atoms with E-state index in [0.29, 0.717) is 106 Å². The molecule has 5 aliphatic rings. The maximum Gasteiger partial charge on any atom is 0.417 e. The van der Waals surface area contributed by atoms with Crippen molar-refractivity contribution in [2.24, 2.45) is 17.8 Å². The highest BCUT2D eigenvalue weighted by molar-refractivity contribution is 5.99. The zero-order valence-electron chi connectivity index (χ0n) is 79.2. The largest absolute Gasteiger partial charge is 0.493 e. The summed E-state index contributed by atoms with van der Waals surface area (Å²) in [5, 5.41) is 64.7. The number of nitrogens with one attached hydrogen (secondary N) is 10. The minimum Gasteiger partial charge on any atom is -0.493 e. The van der Waals surface area contributed by atoms with Crippen molar-refractivity contribution in [3.63, 3.8) is 0 Å². The molecule has 4 atom stereocenters. The SMILES string of the molecule is CC[C@@H](Nc1ncc(C#N)c(-c2c[nH]c3ncc(C(F)(F)F)cc23)n1)C1CCCCC1.CN1CCC(Nc2ncc(C#N)c(-c3c[nH]c4ncc(C(F)(F)F)cc34)n2)CC1.N#Cc1cnc(NCc2ccc3c(c2)CCO3)nc1-c1c[nH]c2ncc(C(F)(F)F)cc12.N#Cc1cnc(NCc2ccccn2)nc1-c1c[nH]c2ncc(C(F)(F)F)cc12.N#Cc1cnc(N[C@@H]2CC3CC[C@@H]2C3)nc1-c1c[nH]c2ncc(C(F)(F)F)cc12. The number of rotatable bonds is 19. The zero-order valence-corrected chi connectivity index (χ0v) is 79.2. The van der Waals surface area contributed by atoms with Gasteiger partial charge >= 0.3 is 30.9 Å². The predicted octanol–water partition coefficient (Wildman–Crippen LogP) is 22.0. The van der Waals surface area contributed by atoms with Crippen LogP contribution < -0.4 is 31.3 Å². The third-order valence-corrected chi connectivity index (χ3v) is 26.5. The van der Waals surface area contributed by atoms with Gasteiger partial charge in [0.15, 0.2) is 0 Å². The van der Waals surface area contributed by atoms with Crippen molar-refractivity contribution in [3.8, 4) is 92.4 Å². The van der Waals surface area contributed by atoms with Gasteiger partial charge in [0.25, 0.3) is 0 Å². The number of hydrogen-bond donors (Lipinski definition) is 10. The average Bonchev–Trinajstić information content (AvgIpc) is 1.65. The number of H-pyrrole nitrogens is 5. The molecule has 0 radical (unpaired) electrons. The van der Waals surface area contributed by atoms with Crippen molar-refractivity contribution in [2.75, 3.05) is 53.3 Å². The van der Waals surface area contributed by atoms with E-state index in [0.717, 1.165) is 148 Å². The summed E-state index contributed by atoms with van der Waals surface area (Å²) in [6.45, 7) is 5.47. The van der Waals surface area contributed by atoms with Crippen LogP contribution in [0, 0.1) is 74.4 Å². The van der Waals surface area contributed by atoms with E-state index in [2.05, 4.69) is 150 Å². The first-order valence-electron chi connectivity index (χ1n) is 47.2. The first-order chi connectivity index (χ1) is 72.0. The van der Waals surface area contributed by atoms with Crippen LogP contribution in [0.2, 0.25) is 0 Å². The van der Waals surface area contributed by atoms with Crippen LogP contribution in [0.5, 0.6) is 5.75 Å². The van der Waals surface area contributed by atoms with Gasteiger partial charge in [0.2, 0.25) is 29.7 Å². The number of aromatic amines is 5. The lowest BCUT2D eigenvalue weighted by molar-refractivity contribution is -0.138. The first kappa shape index (κ1) is 102. The summed E-state index contributed by atoms with van der Waals surface area (Å²) < 4.78 is 203. The Morgan fingerprint density at radius 3 is 1.15 bits per heavy atom. The number of piperidine rings is 1. The van der Waals surface area contributed by atoms with E-state index in [1.54, 1.807) is 12.3 Å². The van der Waals surface area contributed by atoms with Crippen molar-refractivity contribution in [3.05, 3.63) is 238 Å². The Bertz CT molecular complexity index is 8070. The van der Waals surface area contributed by atoms with Gasteiger partial charge in [0, 0.05) is 154 Å². The van der Waals surface area contributed by atoms with Gasteiger partial charge in [-0.2, -0.15) is 92.2 Å². The van der Waals surface area contributed by atoms with Crippen LogP contribution in [0.25, 0.3) is 111 Å². The van der Waals surface area contributed by atoms with Gasteiger partial charge < -0.3 is 61.1 Å². The molecule has 3 aliphatic carbocycles. The summed E-state index contributed by atoms with van der Waals surface area (Å²) in [5.41, 5.74) is 3.96. The number of alkyl halides is 15. The molecule has 17 aromatic rings. The van der Waals surface area contributed by atoms with Crippen LogP contribution in [0.3, 0.4) is 0 Å². The molecule has 0 amide bonds. The quantitative estimate of drug-likeness (QED) is 0.0336. The number of pyridine rings is 6. The lowest BCUT2D eigenvalue weighted by Gasteiger charge is -2.30. The summed E-state index contributed by atoms with van der Waals surface area (Å²) in [6.07, 6.45) is 11.8. The number of nitrogens with zero attached hydrogens (tertiary/aromatic N) is 22. The Labute approximate surface area is 841 Å². The number of aromatic nitrogens is 21. The van der Waals surface area contributed by atoms with Crippen LogP contribution in [-0.2, 0) is 50.4 Å². The Morgan fingerprint density at radius 2 is 0.787 bits per heavy atom. The van der Waals surface area contributed by atoms with Crippen LogP contribution in [0.1, 0.15) is 156 Å². The molecule has 764 valence electrons. The van der Waals surface area contributed by atoms with Gasteiger partial charge in [0.1, 0.15) is 64.3 Å². The Kier molecular flexibility index (Phi) is 29.5. The van der Waals surface area contributed by atoms with Gasteiger partial charge in [-0.05, 0) is 149 Å². The second kappa shape index (κ2) is 43.2. The van der Waals surface area contributed by atoms with Gasteiger partial charge in [0.05, 0.1) is 134 Å². The maximum absolute atomic E-state index is 13.2. The minimum absolute atomic E-state index is 0.131. The molecule has 2 aliphatic heterocycles.